The fraction of sp³-hybridized carbons (Fsp3) is 0.250. The third-order valence-corrected chi connectivity index (χ3v) is 2.36. The zero-order valence-electron chi connectivity index (χ0n) is 9.20. The normalized spacial score (nSPS) is 10.6. The van der Waals surface area contributed by atoms with Crippen molar-refractivity contribution in [3.05, 3.63) is 29.5 Å². The second-order valence-corrected chi connectivity index (χ2v) is 3.65. The Labute approximate surface area is 92.9 Å². The molecule has 2 rings (SSSR count). The fourth-order valence-corrected chi connectivity index (χ4v) is 1.68. The van der Waals surface area contributed by atoms with Crippen LogP contribution in [0.2, 0.25) is 0 Å². The zero-order chi connectivity index (χ0) is 11.7. The molecule has 0 bridgehead atoms. The van der Waals surface area contributed by atoms with Gasteiger partial charge < -0.3 is 14.8 Å². The lowest BCUT2D eigenvalue weighted by Gasteiger charge is -1.97. The van der Waals surface area contributed by atoms with Crippen LogP contribution in [-0.4, -0.2) is 22.7 Å². The Hall–Kier alpha value is -1.97. The number of aromatic nitrogens is 1. The van der Waals surface area contributed by atoms with Gasteiger partial charge in [0, 0.05) is 5.39 Å². The first-order valence-electron chi connectivity index (χ1n) is 5.11. The lowest BCUT2D eigenvalue weighted by atomic mass is 10.1. The third kappa shape index (κ3) is 1.74. The van der Waals surface area contributed by atoms with Crippen LogP contribution in [0.15, 0.2) is 18.2 Å². The van der Waals surface area contributed by atoms with Gasteiger partial charge in [0.1, 0.15) is 11.4 Å². The van der Waals surface area contributed by atoms with E-state index in [4.69, 9.17) is 4.74 Å². The number of fused-ring (bicyclic) bond motifs is 1. The van der Waals surface area contributed by atoms with Crippen molar-refractivity contribution in [3.63, 3.8) is 0 Å². The maximum Gasteiger partial charge on any atom is 0.354 e. The SMILES string of the molecule is CCOC(=O)c1cc2c(O)cc(C)cc2[nH]1. The summed E-state index contributed by atoms with van der Waals surface area (Å²) in [5, 5.41) is 10.3. The van der Waals surface area contributed by atoms with Gasteiger partial charge in [-0.3, -0.25) is 0 Å². The number of nitrogens with one attached hydrogen (secondary N) is 1. The molecule has 0 amide bonds. The largest absolute Gasteiger partial charge is 0.507 e. The van der Waals surface area contributed by atoms with Gasteiger partial charge in [-0.1, -0.05) is 0 Å². The van der Waals surface area contributed by atoms with Crippen LogP contribution >= 0.6 is 0 Å². The number of hydrogen-bond acceptors (Lipinski definition) is 3. The van der Waals surface area contributed by atoms with E-state index in [-0.39, 0.29) is 5.75 Å². The maximum atomic E-state index is 11.5. The Morgan fingerprint density at radius 2 is 2.19 bits per heavy atom. The number of H-pyrrole nitrogens is 1. The summed E-state index contributed by atoms with van der Waals surface area (Å²) in [5.41, 5.74) is 2.03. The number of aromatic amines is 1. The Bertz CT molecular complexity index is 542. The van der Waals surface area contributed by atoms with Crippen LogP contribution in [0.25, 0.3) is 10.9 Å². The van der Waals surface area contributed by atoms with Crippen molar-refractivity contribution in [1.82, 2.24) is 4.98 Å². The molecule has 4 nitrogen and oxygen atoms in total. The highest BCUT2D eigenvalue weighted by atomic mass is 16.5. The summed E-state index contributed by atoms with van der Waals surface area (Å²) in [6, 6.07) is 5.13. The number of benzene rings is 1. The Morgan fingerprint density at radius 1 is 1.44 bits per heavy atom. The van der Waals surface area contributed by atoms with Gasteiger partial charge >= 0.3 is 5.97 Å². The standard InChI is InChI=1S/C12H13NO3/c1-3-16-12(15)10-6-8-9(13-10)4-7(2)5-11(8)14/h4-6,13-14H,3H2,1-2H3. The molecule has 4 heteroatoms. The van der Waals surface area contributed by atoms with Gasteiger partial charge in [0.25, 0.3) is 0 Å². The third-order valence-electron chi connectivity index (χ3n) is 2.36. The molecule has 2 N–H and O–H groups in total. The molecule has 2 aromatic rings. The molecule has 1 aromatic carbocycles. The molecule has 0 atom stereocenters. The zero-order valence-corrected chi connectivity index (χ0v) is 9.20. The quantitative estimate of drug-likeness (QED) is 0.762. The van der Waals surface area contributed by atoms with Crippen LogP contribution in [0.4, 0.5) is 0 Å². The summed E-state index contributed by atoms with van der Waals surface area (Å²) in [6.07, 6.45) is 0. The van der Waals surface area contributed by atoms with Crippen LogP contribution in [-0.2, 0) is 4.74 Å². The summed E-state index contributed by atoms with van der Waals surface area (Å²) < 4.78 is 4.88. The molecule has 0 spiro atoms. The van der Waals surface area contributed by atoms with E-state index >= 15 is 0 Å². The van der Waals surface area contributed by atoms with Crippen LogP contribution in [0.1, 0.15) is 23.0 Å². The molecule has 0 saturated carbocycles. The van der Waals surface area contributed by atoms with Crippen molar-refractivity contribution in [2.24, 2.45) is 0 Å². The number of phenolic OH excluding ortho intramolecular Hbond substituents is 1. The predicted octanol–water partition coefficient (Wildman–Crippen LogP) is 2.36. The second kappa shape index (κ2) is 3.89. The molecule has 0 aliphatic carbocycles. The van der Waals surface area contributed by atoms with Gasteiger partial charge in [0.2, 0.25) is 0 Å². The van der Waals surface area contributed by atoms with E-state index < -0.39 is 5.97 Å². The monoisotopic (exact) mass is 219 g/mol. The van der Waals surface area contributed by atoms with Crippen molar-refractivity contribution >= 4 is 16.9 Å². The molecule has 0 aliphatic heterocycles. The number of esters is 1. The number of rotatable bonds is 2. The number of ether oxygens (including phenoxy) is 1. The van der Waals surface area contributed by atoms with E-state index in [1.165, 1.54) is 0 Å². The Balaban J connectivity index is 2.51. The Morgan fingerprint density at radius 3 is 2.88 bits per heavy atom. The van der Waals surface area contributed by atoms with E-state index in [2.05, 4.69) is 4.98 Å². The number of aryl methyl sites for hydroxylation is 1. The smallest absolute Gasteiger partial charge is 0.354 e. The predicted molar refractivity (Wildman–Crippen MR) is 60.7 cm³/mol. The van der Waals surface area contributed by atoms with Crippen molar-refractivity contribution in [3.8, 4) is 5.75 Å². The van der Waals surface area contributed by atoms with Crippen molar-refractivity contribution in [2.75, 3.05) is 6.61 Å². The van der Waals surface area contributed by atoms with Crippen molar-refractivity contribution < 1.29 is 14.6 Å². The first-order chi connectivity index (χ1) is 7.61. The van der Waals surface area contributed by atoms with Crippen molar-refractivity contribution in [1.29, 1.82) is 0 Å². The lowest BCUT2D eigenvalue weighted by molar-refractivity contribution is 0.0520. The van der Waals surface area contributed by atoms with Crippen LogP contribution in [0.3, 0.4) is 0 Å². The molecule has 0 unspecified atom stereocenters. The number of phenols is 1. The highest BCUT2D eigenvalue weighted by Crippen LogP contribution is 2.27. The molecular weight excluding hydrogens is 206 g/mol. The van der Waals surface area contributed by atoms with Gasteiger partial charge in [-0.15, -0.1) is 0 Å². The average molecular weight is 219 g/mol. The fourth-order valence-electron chi connectivity index (χ4n) is 1.68. The minimum atomic E-state index is -0.407. The number of carbonyl (C=O) groups excluding carboxylic acids is 1. The van der Waals surface area contributed by atoms with Crippen LogP contribution < -0.4 is 0 Å². The van der Waals surface area contributed by atoms with Gasteiger partial charge in [0.05, 0.1) is 12.1 Å². The molecule has 0 saturated heterocycles. The minimum Gasteiger partial charge on any atom is -0.507 e. The molecule has 16 heavy (non-hydrogen) atoms. The number of carbonyl (C=O) groups is 1. The summed E-state index contributed by atoms with van der Waals surface area (Å²) in [4.78, 5) is 14.4. The van der Waals surface area contributed by atoms with E-state index in [0.717, 1.165) is 11.1 Å². The lowest BCUT2D eigenvalue weighted by Crippen LogP contribution is -2.04. The molecule has 0 radical (unpaired) electrons. The summed E-state index contributed by atoms with van der Waals surface area (Å²) in [6.45, 7) is 3.96. The van der Waals surface area contributed by atoms with E-state index in [1.807, 2.05) is 13.0 Å². The summed E-state index contributed by atoms with van der Waals surface area (Å²) in [7, 11) is 0. The highest BCUT2D eigenvalue weighted by molar-refractivity contribution is 5.97. The molecule has 0 fully saturated rings. The first-order valence-corrected chi connectivity index (χ1v) is 5.11. The topological polar surface area (TPSA) is 62.3 Å². The first kappa shape index (κ1) is 10.5. The molecular formula is C12H13NO3. The van der Waals surface area contributed by atoms with E-state index in [0.29, 0.717) is 17.7 Å². The molecule has 1 heterocycles. The average Bonchev–Trinajstić information content (AvgIpc) is 2.62. The summed E-state index contributed by atoms with van der Waals surface area (Å²) >= 11 is 0. The van der Waals surface area contributed by atoms with Crippen LogP contribution in [0.5, 0.6) is 5.75 Å². The van der Waals surface area contributed by atoms with E-state index in [9.17, 15) is 9.90 Å². The van der Waals surface area contributed by atoms with Gasteiger partial charge in [-0.05, 0) is 37.6 Å². The van der Waals surface area contributed by atoms with E-state index in [1.54, 1.807) is 19.1 Å². The number of hydrogen-bond donors (Lipinski definition) is 2. The highest BCUT2D eigenvalue weighted by Gasteiger charge is 2.12. The molecule has 1 aromatic heterocycles. The van der Waals surface area contributed by atoms with Crippen molar-refractivity contribution in [2.45, 2.75) is 13.8 Å². The molecule has 84 valence electrons. The molecule has 0 aliphatic rings. The number of aromatic hydroxyl groups is 1. The van der Waals surface area contributed by atoms with Crippen LogP contribution in [0, 0.1) is 6.92 Å². The Kier molecular flexibility index (Phi) is 2.56. The second-order valence-electron chi connectivity index (χ2n) is 3.65. The maximum absolute atomic E-state index is 11.5. The summed E-state index contributed by atoms with van der Waals surface area (Å²) in [5.74, 6) is -0.238. The van der Waals surface area contributed by atoms with Gasteiger partial charge in [-0.25, -0.2) is 4.79 Å². The van der Waals surface area contributed by atoms with Gasteiger partial charge in [0.15, 0.2) is 0 Å². The van der Waals surface area contributed by atoms with Gasteiger partial charge in [-0.2, -0.15) is 0 Å². The minimum absolute atomic E-state index is 0.168.